The molecule has 3 rings (SSSR count). The molecule has 0 saturated carbocycles. The molecule has 0 fully saturated rings. The lowest BCUT2D eigenvalue weighted by Gasteiger charge is -2.08. The first-order valence-corrected chi connectivity index (χ1v) is 7.57. The van der Waals surface area contributed by atoms with E-state index >= 15 is 0 Å². The van der Waals surface area contributed by atoms with Crippen molar-refractivity contribution in [1.29, 1.82) is 0 Å². The maximum atomic E-state index is 11.8. The molecule has 0 aliphatic rings. The van der Waals surface area contributed by atoms with Gasteiger partial charge in [-0.3, -0.25) is 9.59 Å². The van der Waals surface area contributed by atoms with E-state index in [0.717, 1.165) is 0 Å². The van der Waals surface area contributed by atoms with E-state index in [1.54, 1.807) is 54.8 Å². The van der Waals surface area contributed by atoms with E-state index in [9.17, 15) is 9.59 Å². The van der Waals surface area contributed by atoms with E-state index in [-0.39, 0.29) is 24.2 Å². The van der Waals surface area contributed by atoms with Gasteiger partial charge in [0.15, 0.2) is 12.4 Å². The van der Waals surface area contributed by atoms with Gasteiger partial charge in [0.05, 0.1) is 19.1 Å². The molecule has 2 heterocycles. The number of amides is 2. The second-order valence-electron chi connectivity index (χ2n) is 5.10. The summed E-state index contributed by atoms with van der Waals surface area (Å²) in [6.07, 6.45) is 2.98. The molecule has 7 heteroatoms. The van der Waals surface area contributed by atoms with Crippen LogP contribution in [0.1, 0.15) is 16.3 Å². The van der Waals surface area contributed by atoms with Crippen LogP contribution in [0.2, 0.25) is 0 Å². The van der Waals surface area contributed by atoms with Crippen LogP contribution in [0.3, 0.4) is 0 Å². The third-order valence-corrected chi connectivity index (χ3v) is 3.27. The van der Waals surface area contributed by atoms with Gasteiger partial charge in [0.1, 0.15) is 11.5 Å². The van der Waals surface area contributed by atoms with Gasteiger partial charge in [-0.2, -0.15) is 0 Å². The van der Waals surface area contributed by atoms with Gasteiger partial charge in [-0.15, -0.1) is 0 Å². The number of hydrogen-bond donors (Lipinski definition) is 2. The fourth-order valence-electron chi connectivity index (χ4n) is 2.03. The zero-order valence-corrected chi connectivity index (χ0v) is 13.2. The molecular formula is C18H16N2O5. The topological polar surface area (TPSA) is 93.7 Å². The lowest BCUT2D eigenvalue weighted by Crippen LogP contribution is -2.28. The third-order valence-electron chi connectivity index (χ3n) is 3.27. The maximum absolute atomic E-state index is 11.8. The Kier molecular flexibility index (Phi) is 5.16. The molecule has 1 aromatic carbocycles. The average Bonchev–Trinajstić information content (AvgIpc) is 3.33. The summed E-state index contributed by atoms with van der Waals surface area (Å²) < 4.78 is 15.5. The number of benzene rings is 1. The predicted octanol–water partition coefficient (Wildman–Crippen LogP) is 2.82. The minimum atomic E-state index is -0.337. The van der Waals surface area contributed by atoms with Crippen LogP contribution in [0.25, 0.3) is 0 Å². The molecule has 0 aliphatic carbocycles. The van der Waals surface area contributed by atoms with Crippen molar-refractivity contribution in [3.05, 3.63) is 72.6 Å². The van der Waals surface area contributed by atoms with Gasteiger partial charge in [0.2, 0.25) is 0 Å². The van der Waals surface area contributed by atoms with Gasteiger partial charge in [0, 0.05) is 5.69 Å². The lowest BCUT2D eigenvalue weighted by atomic mass is 10.3. The van der Waals surface area contributed by atoms with Crippen molar-refractivity contribution >= 4 is 17.5 Å². The molecule has 128 valence electrons. The molecular weight excluding hydrogens is 324 g/mol. The van der Waals surface area contributed by atoms with Crippen molar-refractivity contribution in [2.75, 3.05) is 11.9 Å². The Bertz CT molecular complexity index is 808. The van der Waals surface area contributed by atoms with Crippen LogP contribution in [0.5, 0.6) is 5.75 Å². The molecule has 0 bridgehead atoms. The van der Waals surface area contributed by atoms with Gasteiger partial charge in [-0.05, 0) is 48.5 Å². The first kappa shape index (κ1) is 16.4. The molecule has 0 saturated heterocycles. The van der Waals surface area contributed by atoms with Crippen molar-refractivity contribution < 1.29 is 23.2 Å². The molecule has 25 heavy (non-hydrogen) atoms. The van der Waals surface area contributed by atoms with E-state index in [1.165, 1.54) is 6.26 Å². The second-order valence-corrected chi connectivity index (χ2v) is 5.10. The third kappa shape index (κ3) is 4.74. The van der Waals surface area contributed by atoms with Crippen LogP contribution in [0.4, 0.5) is 5.69 Å². The number of ether oxygens (including phenoxy) is 1. The van der Waals surface area contributed by atoms with Gasteiger partial charge in [-0.25, -0.2) is 0 Å². The molecule has 7 nitrogen and oxygen atoms in total. The molecule has 0 radical (unpaired) electrons. The number of hydrogen-bond acceptors (Lipinski definition) is 5. The quantitative estimate of drug-likeness (QED) is 0.690. The summed E-state index contributed by atoms with van der Waals surface area (Å²) in [5.41, 5.74) is 0.594. The Hall–Kier alpha value is -3.48. The number of nitrogens with one attached hydrogen (secondary N) is 2. The summed E-state index contributed by atoms with van der Waals surface area (Å²) in [5.74, 6) is 0.824. The normalized spacial score (nSPS) is 10.2. The Balaban J connectivity index is 1.44. The molecule has 0 atom stereocenters. The van der Waals surface area contributed by atoms with Gasteiger partial charge in [0.25, 0.3) is 11.8 Å². The maximum Gasteiger partial charge on any atom is 0.291 e. The van der Waals surface area contributed by atoms with Crippen LogP contribution in [0, 0.1) is 0 Å². The number of carbonyl (C=O) groups excluding carboxylic acids is 2. The minimum Gasteiger partial charge on any atom is -0.484 e. The smallest absolute Gasteiger partial charge is 0.291 e. The zero-order valence-electron chi connectivity index (χ0n) is 13.2. The first-order chi connectivity index (χ1) is 12.2. The van der Waals surface area contributed by atoms with Crippen molar-refractivity contribution in [3.63, 3.8) is 0 Å². The Morgan fingerprint density at radius 2 is 1.72 bits per heavy atom. The number of anilines is 1. The van der Waals surface area contributed by atoms with E-state index < -0.39 is 0 Å². The van der Waals surface area contributed by atoms with Crippen LogP contribution in [-0.2, 0) is 11.3 Å². The monoisotopic (exact) mass is 340 g/mol. The van der Waals surface area contributed by atoms with Crippen molar-refractivity contribution in [2.24, 2.45) is 0 Å². The Labute approximate surface area is 143 Å². The number of carbonyl (C=O) groups is 2. The summed E-state index contributed by atoms with van der Waals surface area (Å²) in [6, 6.07) is 13.4. The molecule has 0 aliphatic heterocycles. The van der Waals surface area contributed by atoms with Crippen LogP contribution in [0.15, 0.2) is 69.9 Å². The molecule has 3 aromatic rings. The van der Waals surface area contributed by atoms with Crippen molar-refractivity contribution in [2.45, 2.75) is 6.54 Å². The SMILES string of the molecule is O=C(COc1ccc(NC(=O)c2ccco2)cc1)NCc1ccco1. The minimum absolute atomic E-state index is 0.112. The molecule has 0 unspecified atom stereocenters. The van der Waals surface area contributed by atoms with Crippen molar-refractivity contribution in [3.8, 4) is 5.75 Å². The number of furan rings is 2. The first-order valence-electron chi connectivity index (χ1n) is 7.57. The Morgan fingerprint density at radius 3 is 2.40 bits per heavy atom. The summed E-state index contributed by atoms with van der Waals surface area (Å²) in [6.45, 7) is 0.200. The van der Waals surface area contributed by atoms with Gasteiger partial charge < -0.3 is 24.2 Å². The highest BCUT2D eigenvalue weighted by Crippen LogP contribution is 2.16. The summed E-state index contributed by atoms with van der Waals surface area (Å²) in [5, 5.41) is 5.38. The van der Waals surface area contributed by atoms with Gasteiger partial charge in [-0.1, -0.05) is 0 Å². The van der Waals surface area contributed by atoms with Crippen molar-refractivity contribution in [1.82, 2.24) is 5.32 Å². The van der Waals surface area contributed by atoms with Crippen LogP contribution in [-0.4, -0.2) is 18.4 Å². The predicted molar refractivity (Wildman–Crippen MR) is 89.2 cm³/mol. The molecule has 2 N–H and O–H groups in total. The highest BCUT2D eigenvalue weighted by molar-refractivity contribution is 6.02. The van der Waals surface area contributed by atoms with Crippen LogP contribution >= 0.6 is 0 Å². The highest BCUT2D eigenvalue weighted by atomic mass is 16.5. The Morgan fingerprint density at radius 1 is 0.960 bits per heavy atom. The molecule has 2 aromatic heterocycles. The molecule has 2 amide bonds. The zero-order chi connectivity index (χ0) is 17.5. The summed E-state index contributed by atoms with van der Waals surface area (Å²) >= 11 is 0. The van der Waals surface area contributed by atoms with E-state index in [1.807, 2.05) is 0 Å². The average molecular weight is 340 g/mol. The second kappa shape index (κ2) is 7.87. The fourth-order valence-corrected chi connectivity index (χ4v) is 2.03. The van der Waals surface area contributed by atoms with Crippen LogP contribution < -0.4 is 15.4 Å². The van der Waals surface area contributed by atoms with E-state index in [2.05, 4.69) is 10.6 Å². The summed E-state index contributed by atoms with van der Waals surface area (Å²) in [4.78, 5) is 23.6. The lowest BCUT2D eigenvalue weighted by molar-refractivity contribution is -0.123. The highest BCUT2D eigenvalue weighted by Gasteiger charge is 2.09. The van der Waals surface area contributed by atoms with Gasteiger partial charge >= 0.3 is 0 Å². The standard InChI is InChI=1S/C18H16N2O5/c21-17(19-11-15-3-1-9-23-15)12-25-14-7-5-13(6-8-14)20-18(22)16-4-2-10-24-16/h1-10H,11-12H2,(H,19,21)(H,20,22). The number of rotatable bonds is 7. The fraction of sp³-hybridized carbons (Fsp3) is 0.111. The van der Waals surface area contributed by atoms with E-state index in [4.69, 9.17) is 13.6 Å². The molecule has 0 spiro atoms. The van der Waals surface area contributed by atoms with E-state index in [0.29, 0.717) is 23.7 Å². The largest absolute Gasteiger partial charge is 0.484 e. The summed E-state index contributed by atoms with van der Waals surface area (Å²) in [7, 11) is 0.